The largest absolute Gasteiger partial charge is 0.322 e. The van der Waals surface area contributed by atoms with Crippen LogP contribution in [0.5, 0.6) is 0 Å². The van der Waals surface area contributed by atoms with Gasteiger partial charge in [0.15, 0.2) is 0 Å². The van der Waals surface area contributed by atoms with Crippen LogP contribution in [-0.2, 0) is 10.0 Å². The van der Waals surface area contributed by atoms with Crippen LogP contribution in [-0.4, -0.2) is 31.7 Å². The first-order chi connectivity index (χ1) is 12.4. The second-order valence-electron chi connectivity index (χ2n) is 6.41. The van der Waals surface area contributed by atoms with Gasteiger partial charge in [-0.3, -0.25) is 4.79 Å². The summed E-state index contributed by atoms with van der Waals surface area (Å²) in [5, 5.41) is 2.82. The van der Waals surface area contributed by atoms with Crippen molar-refractivity contribution in [1.29, 1.82) is 0 Å². The molecule has 1 amide bonds. The molecule has 0 aliphatic carbocycles. The molecule has 1 saturated heterocycles. The predicted molar refractivity (Wildman–Crippen MR) is 106 cm³/mol. The number of carbonyl (C=O) groups is 1. The third kappa shape index (κ3) is 4.16. The van der Waals surface area contributed by atoms with E-state index in [1.807, 2.05) is 12.1 Å². The van der Waals surface area contributed by atoms with Gasteiger partial charge in [-0.25, -0.2) is 8.42 Å². The van der Waals surface area contributed by atoms with Gasteiger partial charge >= 0.3 is 0 Å². The van der Waals surface area contributed by atoms with Gasteiger partial charge in [0.05, 0.1) is 4.90 Å². The molecule has 0 saturated carbocycles. The highest BCUT2D eigenvalue weighted by Gasteiger charge is 2.27. The number of nitrogens with zero attached hydrogens (tertiary/aromatic N) is 1. The number of halogens is 1. The lowest BCUT2D eigenvalue weighted by atomic mass is 10.1. The molecule has 2 aromatic rings. The van der Waals surface area contributed by atoms with Gasteiger partial charge in [-0.1, -0.05) is 34.5 Å². The van der Waals surface area contributed by atoms with Crippen LogP contribution in [0.3, 0.4) is 0 Å². The minimum absolute atomic E-state index is 0.171. The van der Waals surface area contributed by atoms with Crippen molar-refractivity contribution in [3.63, 3.8) is 0 Å². The molecule has 7 heteroatoms. The van der Waals surface area contributed by atoms with E-state index in [4.69, 9.17) is 0 Å². The molecule has 26 heavy (non-hydrogen) atoms. The Morgan fingerprint density at radius 2 is 1.81 bits per heavy atom. The summed E-state index contributed by atoms with van der Waals surface area (Å²) in [6.07, 6.45) is 2.81. The normalized spacial score (nSPS) is 15.6. The second kappa shape index (κ2) is 7.90. The molecule has 0 bridgehead atoms. The summed E-state index contributed by atoms with van der Waals surface area (Å²) in [7, 11) is -3.57. The first kappa shape index (κ1) is 19.1. The van der Waals surface area contributed by atoms with Crippen molar-refractivity contribution in [3.8, 4) is 0 Å². The number of carbonyl (C=O) groups excluding carboxylic acids is 1. The van der Waals surface area contributed by atoms with Gasteiger partial charge in [0.25, 0.3) is 5.91 Å². The van der Waals surface area contributed by atoms with Crippen LogP contribution >= 0.6 is 15.9 Å². The van der Waals surface area contributed by atoms with Gasteiger partial charge in [0.2, 0.25) is 10.0 Å². The topological polar surface area (TPSA) is 66.5 Å². The number of anilines is 1. The number of piperidine rings is 1. The van der Waals surface area contributed by atoms with E-state index in [1.165, 1.54) is 10.4 Å². The highest BCUT2D eigenvalue weighted by molar-refractivity contribution is 9.10. The third-order valence-corrected chi connectivity index (χ3v) is 6.88. The Morgan fingerprint density at radius 3 is 2.50 bits per heavy atom. The molecule has 5 nitrogen and oxygen atoms in total. The molecule has 0 aromatic heterocycles. The number of hydrogen-bond donors (Lipinski definition) is 1. The first-order valence-corrected chi connectivity index (χ1v) is 10.8. The lowest BCUT2D eigenvalue weighted by Gasteiger charge is -2.26. The Morgan fingerprint density at radius 1 is 1.08 bits per heavy atom. The average Bonchev–Trinajstić information content (AvgIpc) is 2.62. The third-order valence-electron chi connectivity index (χ3n) is 4.49. The average molecular weight is 437 g/mol. The summed E-state index contributed by atoms with van der Waals surface area (Å²) in [6.45, 7) is 2.87. The number of hydrogen-bond acceptors (Lipinski definition) is 3. The number of nitrogens with one attached hydrogen (secondary N) is 1. The summed E-state index contributed by atoms with van der Waals surface area (Å²) in [4.78, 5) is 12.8. The minimum atomic E-state index is -3.57. The zero-order valence-corrected chi connectivity index (χ0v) is 16.9. The number of rotatable bonds is 4. The zero-order valence-electron chi connectivity index (χ0n) is 14.5. The van der Waals surface area contributed by atoms with E-state index in [-0.39, 0.29) is 10.8 Å². The van der Waals surface area contributed by atoms with Crippen molar-refractivity contribution < 1.29 is 13.2 Å². The van der Waals surface area contributed by atoms with Crippen LogP contribution in [0.15, 0.2) is 51.8 Å². The molecule has 1 N–H and O–H groups in total. The van der Waals surface area contributed by atoms with Crippen molar-refractivity contribution in [2.75, 3.05) is 18.4 Å². The van der Waals surface area contributed by atoms with Crippen molar-refractivity contribution in [2.45, 2.75) is 31.1 Å². The molecule has 0 radical (unpaired) electrons. The van der Waals surface area contributed by atoms with Gasteiger partial charge in [-0.05, 0) is 55.7 Å². The molecular formula is C19H21BrN2O3S. The van der Waals surface area contributed by atoms with Crippen molar-refractivity contribution in [2.24, 2.45) is 0 Å². The summed E-state index contributed by atoms with van der Waals surface area (Å²) >= 11 is 3.37. The predicted octanol–water partition coefficient (Wildman–Crippen LogP) is 4.18. The van der Waals surface area contributed by atoms with E-state index in [2.05, 4.69) is 21.2 Å². The monoisotopic (exact) mass is 436 g/mol. The van der Waals surface area contributed by atoms with E-state index in [0.717, 1.165) is 29.3 Å². The molecule has 3 rings (SSSR count). The number of amides is 1. The van der Waals surface area contributed by atoms with E-state index in [1.54, 1.807) is 31.2 Å². The molecule has 0 unspecified atom stereocenters. The maximum absolute atomic E-state index is 12.9. The SMILES string of the molecule is Cc1ccc(S(=O)(=O)N2CCCCC2)cc1C(=O)Nc1cccc(Br)c1. The van der Waals surface area contributed by atoms with Crippen LogP contribution in [0.1, 0.15) is 35.2 Å². The second-order valence-corrected chi connectivity index (χ2v) is 9.26. The Balaban J connectivity index is 1.88. The fourth-order valence-electron chi connectivity index (χ4n) is 3.03. The Kier molecular flexibility index (Phi) is 5.79. The van der Waals surface area contributed by atoms with E-state index < -0.39 is 10.0 Å². The van der Waals surface area contributed by atoms with Gasteiger partial charge in [-0.15, -0.1) is 0 Å². The molecule has 1 aliphatic rings. The molecule has 1 aliphatic heterocycles. The summed E-state index contributed by atoms with van der Waals surface area (Å²) in [5.41, 5.74) is 1.74. The smallest absolute Gasteiger partial charge is 0.255 e. The van der Waals surface area contributed by atoms with Crippen LogP contribution < -0.4 is 5.32 Å². The summed E-state index contributed by atoms with van der Waals surface area (Å²) in [6, 6.07) is 12.0. The maximum atomic E-state index is 12.9. The van der Waals surface area contributed by atoms with E-state index in [0.29, 0.717) is 24.3 Å². The molecule has 2 aromatic carbocycles. The van der Waals surface area contributed by atoms with Gasteiger partial charge in [0.1, 0.15) is 0 Å². The van der Waals surface area contributed by atoms with Crippen molar-refractivity contribution in [3.05, 3.63) is 58.1 Å². The Labute approximate surface area is 162 Å². The highest BCUT2D eigenvalue weighted by atomic mass is 79.9. The van der Waals surface area contributed by atoms with Gasteiger partial charge in [0, 0.05) is 28.8 Å². The molecule has 1 fully saturated rings. The molecule has 0 spiro atoms. The van der Waals surface area contributed by atoms with Gasteiger partial charge in [-0.2, -0.15) is 4.31 Å². The van der Waals surface area contributed by atoms with E-state index >= 15 is 0 Å². The van der Waals surface area contributed by atoms with Crippen LogP contribution in [0.25, 0.3) is 0 Å². The van der Waals surface area contributed by atoms with Gasteiger partial charge < -0.3 is 5.32 Å². The van der Waals surface area contributed by atoms with Crippen LogP contribution in [0.4, 0.5) is 5.69 Å². The molecule has 0 atom stereocenters. The van der Waals surface area contributed by atoms with E-state index in [9.17, 15) is 13.2 Å². The standard InChI is InChI=1S/C19H21BrN2O3S/c1-14-8-9-17(26(24,25)22-10-3-2-4-11-22)13-18(14)19(23)21-16-7-5-6-15(20)12-16/h5-9,12-13H,2-4,10-11H2,1H3,(H,21,23). The number of aryl methyl sites for hydroxylation is 1. The Hall–Kier alpha value is -1.70. The molecular weight excluding hydrogens is 416 g/mol. The maximum Gasteiger partial charge on any atom is 0.255 e. The quantitative estimate of drug-likeness (QED) is 0.781. The molecule has 1 heterocycles. The first-order valence-electron chi connectivity index (χ1n) is 8.55. The summed E-state index contributed by atoms with van der Waals surface area (Å²) in [5.74, 6) is -0.323. The van der Waals surface area contributed by atoms with Crippen molar-refractivity contribution in [1.82, 2.24) is 4.31 Å². The fraction of sp³-hybridized carbons (Fsp3) is 0.316. The fourth-order valence-corrected chi connectivity index (χ4v) is 4.97. The van der Waals surface area contributed by atoms with Crippen molar-refractivity contribution >= 4 is 37.5 Å². The lowest BCUT2D eigenvalue weighted by Crippen LogP contribution is -2.35. The minimum Gasteiger partial charge on any atom is -0.322 e. The zero-order chi connectivity index (χ0) is 18.7. The Bertz CT molecular complexity index is 922. The summed E-state index contributed by atoms with van der Waals surface area (Å²) < 4.78 is 28.1. The highest BCUT2D eigenvalue weighted by Crippen LogP contribution is 2.24. The lowest BCUT2D eigenvalue weighted by molar-refractivity contribution is 0.102. The van der Waals surface area contributed by atoms with Crippen LogP contribution in [0, 0.1) is 6.92 Å². The number of sulfonamides is 1. The van der Waals surface area contributed by atoms with Crippen LogP contribution in [0.2, 0.25) is 0 Å². The molecule has 138 valence electrons. The number of benzene rings is 2.